The monoisotopic (exact) mass is 996 g/mol. The molecule has 0 aliphatic carbocycles. The molecule has 15 aromatic rings. The fourth-order valence-corrected chi connectivity index (χ4v) is 11.7. The van der Waals surface area contributed by atoms with Gasteiger partial charge in [0.15, 0.2) is 11.2 Å². The summed E-state index contributed by atoms with van der Waals surface area (Å²) in [5.74, 6) is 0. The van der Waals surface area contributed by atoms with Crippen LogP contribution in [0, 0.1) is 0 Å². The Kier molecular flexibility index (Phi) is 10.8. The molecule has 2 aromatic heterocycles. The minimum absolute atomic E-state index is 0.746. The SMILES string of the molecule is c1ccc(-c2ccccc2N(c2ccc3cc4c(cc3c2)oc2c4ccc3c4cc5ccc(N(c6ccccc6-c6ccccc6)c6ccccc6-c6ccccc6)cc5cc4oc32)c2ccccc2-c2ccccc2)cc1. The first-order chi connectivity index (χ1) is 38.7. The van der Waals surface area contributed by atoms with E-state index in [2.05, 4.69) is 301 Å². The molecule has 0 aliphatic rings. The zero-order valence-electron chi connectivity index (χ0n) is 42.4. The maximum absolute atomic E-state index is 6.95. The number of para-hydroxylation sites is 4. The van der Waals surface area contributed by atoms with Crippen LogP contribution < -0.4 is 9.80 Å². The molecular weight excluding hydrogens is 949 g/mol. The average molecular weight is 997 g/mol. The van der Waals surface area contributed by atoms with Crippen molar-refractivity contribution in [1.82, 2.24) is 0 Å². The van der Waals surface area contributed by atoms with Crippen molar-refractivity contribution in [2.75, 3.05) is 9.80 Å². The van der Waals surface area contributed by atoms with Gasteiger partial charge >= 0.3 is 0 Å². The molecule has 13 aromatic carbocycles. The molecule has 0 radical (unpaired) electrons. The van der Waals surface area contributed by atoms with E-state index in [0.717, 1.165) is 144 Å². The number of hydrogen-bond donors (Lipinski definition) is 0. The van der Waals surface area contributed by atoms with E-state index in [1.807, 2.05) is 0 Å². The van der Waals surface area contributed by atoms with Crippen LogP contribution in [0.25, 0.3) is 110 Å². The predicted octanol–water partition coefficient (Wildman–Crippen LogP) is 21.4. The number of fused-ring (bicyclic) bond motifs is 9. The Labute approximate surface area is 451 Å². The van der Waals surface area contributed by atoms with Crippen LogP contribution in [-0.4, -0.2) is 0 Å². The molecule has 0 atom stereocenters. The lowest BCUT2D eigenvalue weighted by atomic mass is 9.98. The summed E-state index contributed by atoms with van der Waals surface area (Å²) in [5.41, 5.74) is 18.8. The first kappa shape index (κ1) is 45.0. The Balaban J connectivity index is 0.863. The zero-order chi connectivity index (χ0) is 51.5. The maximum Gasteiger partial charge on any atom is 0.178 e. The van der Waals surface area contributed by atoms with E-state index < -0.39 is 0 Å². The molecule has 0 bridgehead atoms. The van der Waals surface area contributed by atoms with Crippen LogP contribution in [0.15, 0.2) is 300 Å². The molecule has 366 valence electrons. The van der Waals surface area contributed by atoms with Gasteiger partial charge in [0.1, 0.15) is 11.2 Å². The highest BCUT2D eigenvalue weighted by atomic mass is 16.4. The second-order valence-corrected chi connectivity index (χ2v) is 20.0. The van der Waals surface area contributed by atoms with Crippen molar-refractivity contribution in [1.29, 1.82) is 0 Å². The number of benzene rings is 13. The van der Waals surface area contributed by atoms with Crippen molar-refractivity contribution < 1.29 is 8.83 Å². The van der Waals surface area contributed by atoms with Crippen molar-refractivity contribution >= 4 is 99.5 Å². The first-order valence-electron chi connectivity index (χ1n) is 26.6. The van der Waals surface area contributed by atoms with Gasteiger partial charge in [-0.2, -0.15) is 0 Å². The summed E-state index contributed by atoms with van der Waals surface area (Å²) in [5, 5.41) is 8.55. The van der Waals surface area contributed by atoms with E-state index in [-0.39, 0.29) is 0 Å². The predicted molar refractivity (Wildman–Crippen MR) is 327 cm³/mol. The number of nitrogens with zero attached hydrogens (tertiary/aromatic N) is 2. The van der Waals surface area contributed by atoms with Crippen LogP contribution >= 0.6 is 0 Å². The van der Waals surface area contributed by atoms with Crippen LogP contribution in [-0.2, 0) is 0 Å². The van der Waals surface area contributed by atoms with Gasteiger partial charge in [0.05, 0.1) is 22.7 Å². The van der Waals surface area contributed by atoms with E-state index in [4.69, 9.17) is 8.83 Å². The maximum atomic E-state index is 6.95. The lowest BCUT2D eigenvalue weighted by molar-refractivity contribution is 0.634. The van der Waals surface area contributed by atoms with Crippen molar-refractivity contribution in [3.8, 4) is 44.5 Å². The molecule has 4 heteroatoms. The molecule has 0 spiro atoms. The van der Waals surface area contributed by atoms with E-state index >= 15 is 0 Å². The molecule has 15 rings (SSSR count). The molecule has 78 heavy (non-hydrogen) atoms. The molecule has 4 nitrogen and oxygen atoms in total. The third kappa shape index (κ3) is 7.69. The van der Waals surface area contributed by atoms with Crippen LogP contribution in [0.4, 0.5) is 34.1 Å². The van der Waals surface area contributed by atoms with E-state index in [0.29, 0.717) is 0 Å². The van der Waals surface area contributed by atoms with Gasteiger partial charge in [-0.05, 0) is 129 Å². The van der Waals surface area contributed by atoms with Gasteiger partial charge in [0, 0.05) is 55.2 Å². The molecular formula is C74H48N2O2. The first-order valence-corrected chi connectivity index (χ1v) is 26.6. The van der Waals surface area contributed by atoms with Crippen molar-refractivity contribution in [3.05, 3.63) is 291 Å². The second kappa shape index (κ2) is 18.7. The highest BCUT2D eigenvalue weighted by Crippen LogP contribution is 2.49. The van der Waals surface area contributed by atoms with Gasteiger partial charge in [-0.25, -0.2) is 0 Å². The standard InChI is InChI=1S/C74H48N2O2/c1-5-21-49(22-6-1)59-29-13-17-33-67(59)75(68-34-18-14-30-60(68)50-23-7-2-8-24-50)57-39-37-53-45-65-63-41-42-64-66-46-54-38-40-58(44-56(54)48-72(66)78-74(64)73(63)77-71(65)47-55(53)43-57)76(69-35-19-15-31-61(69)51-25-9-3-10-26-51)70-36-20-16-32-62(70)52-27-11-4-12-28-52/h1-48H. The third-order valence-electron chi connectivity index (χ3n) is 15.4. The largest absolute Gasteiger partial charge is 0.452 e. The molecule has 0 fully saturated rings. The average Bonchev–Trinajstić information content (AvgIpc) is 4.18. The summed E-state index contributed by atoms with van der Waals surface area (Å²) < 4.78 is 13.9. The van der Waals surface area contributed by atoms with Crippen molar-refractivity contribution in [2.24, 2.45) is 0 Å². The van der Waals surface area contributed by atoms with Gasteiger partial charge in [0.25, 0.3) is 0 Å². The fraction of sp³-hybridized carbons (Fsp3) is 0. The topological polar surface area (TPSA) is 32.8 Å². The molecule has 0 aliphatic heterocycles. The van der Waals surface area contributed by atoms with Gasteiger partial charge in [-0.15, -0.1) is 0 Å². The van der Waals surface area contributed by atoms with Gasteiger partial charge in [0.2, 0.25) is 0 Å². The van der Waals surface area contributed by atoms with Crippen molar-refractivity contribution in [2.45, 2.75) is 0 Å². The fourth-order valence-electron chi connectivity index (χ4n) is 11.7. The van der Waals surface area contributed by atoms with E-state index in [1.54, 1.807) is 0 Å². The third-order valence-corrected chi connectivity index (χ3v) is 15.4. The Morgan fingerprint density at radius 3 is 0.833 bits per heavy atom. The molecule has 2 heterocycles. The summed E-state index contributed by atoms with van der Waals surface area (Å²) in [7, 11) is 0. The van der Waals surface area contributed by atoms with E-state index in [1.165, 1.54) is 0 Å². The van der Waals surface area contributed by atoms with Crippen LogP contribution in [0.1, 0.15) is 0 Å². The Bertz CT molecular complexity index is 4270. The molecule has 0 saturated carbocycles. The summed E-state index contributed by atoms with van der Waals surface area (Å²) in [6, 6.07) is 104. The lowest BCUT2D eigenvalue weighted by Crippen LogP contribution is -2.12. The Morgan fingerprint density at radius 2 is 0.513 bits per heavy atom. The molecule has 0 N–H and O–H groups in total. The van der Waals surface area contributed by atoms with E-state index in [9.17, 15) is 0 Å². The van der Waals surface area contributed by atoms with Gasteiger partial charge in [-0.1, -0.05) is 206 Å². The molecule has 0 amide bonds. The van der Waals surface area contributed by atoms with Crippen LogP contribution in [0.5, 0.6) is 0 Å². The highest BCUT2D eigenvalue weighted by Gasteiger charge is 2.24. The minimum Gasteiger partial charge on any atom is -0.452 e. The van der Waals surface area contributed by atoms with Gasteiger partial charge in [-0.3, -0.25) is 0 Å². The molecule has 0 saturated heterocycles. The van der Waals surface area contributed by atoms with Crippen LogP contribution in [0.2, 0.25) is 0 Å². The van der Waals surface area contributed by atoms with Crippen molar-refractivity contribution in [3.63, 3.8) is 0 Å². The Hall–Kier alpha value is -10.4. The summed E-state index contributed by atoms with van der Waals surface area (Å²) in [4.78, 5) is 4.81. The second-order valence-electron chi connectivity index (χ2n) is 20.0. The number of rotatable bonds is 10. The summed E-state index contributed by atoms with van der Waals surface area (Å²) in [6.07, 6.45) is 0. The van der Waals surface area contributed by atoms with Gasteiger partial charge < -0.3 is 18.6 Å². The molecule has 0 unspecified atom stereocenters. The zero-order valence-corrected chi connectivity index (χ0v) is 42.4. The number of furan rings is 2. The number of anilines is 6. The summed E-state index contributed by atoms with van der Waals surface area (Å²) in [6.45, 7) is 0. The quantitative estimate of drug-likeness (QED) is 0.137. The normalized spacial score (nSPS) is 11.6. The smallest absolute Gasteiger partial charge is 0.178 e. The summed E-state index contributed by atoms with van der Waals surface area (Å²) >= 11 is 0. The highest BCUT2D eigenvalue weighted by molar-refractivity contribution is 6.21. The van der Waals surface area contributed by atoms with Crippen LogP contribution in [0.3, 0.4) is 0 Å². The number of hydrogen-bond acceptors (Lipinski definition) is 4. The minimum atomic E-state index is 0.746. The Morgan fingerprint density at radius 1 is 0.218 bits per heavy atom. The lowest BCUT2D eigenvalue weighted by Gasteiger charge is -2.30.